The van der Waals surface area contributed by atoms with Gasteiger partial charge in [0, 0.05) is 29.6 Å². The van der Waals surface area contributed by atoms with Crippen molar-refractivity contribution in [3.05, 3.63) is 51.9 Å². The van der Waals surface area contributed by atoms with E-state index in [9.17, 15) is 9.59 Å². The van der Waals surface area contributed by atoms with Gasteiger partial charge in [0.25, 0.3) is 0 Å². The van der Waals surface area contributed by atoms with Crippen LogP contribution in [0.5, 0.6) is 0 Å². The summed E-state index contributed by atoms with van der Waals surface area (Å²) in [6.07, 6.45) is 4.60. The molecule has 2 amide bonds. The van der Waals surface area contributed by atoms with Crippen LogP contribution >= 0.6 is 11.6 Å². The molecule has 160 valence electrons. The molecule has 2 heterocycles. The molecule has 1 aromatic carbocycles. The van der Waals surface area contributed by atoms with Gasteiger partial charge in [0.05, 0.1) is 17.7 Å². The van der Waals surface area contributed by atoms with Crippen molar-refractivity contribution in [1.29, 1.82) is 0 Å². The lowest BCUT2D eigenvalue weighted by molar-refractivity contribution is -0.132. The van der Waals surface area contributed by atoms with E-state index < -0.39 is 5.41 Å². The first-order valence-corrected chi connectivity index (χ1v) is 11.0. The highest BCUT2D eigenvalue weighted by molar-refractivity contribution is 6.30. The molecule has 1 saturated carbocycles. The number of rotatable bonds is 5. The normalized spacial score (nSPS) is 21.1. The van der Waals surface area contributed by atoms with E-state index in [4.69, 9.17) is 16.1 Å². The number of hydrogen-bond acceptors (Lipinski definition) is 4. The summed E-state index contributed by atoms with van der Waals surface area (Å²) < 4.78 is 5.23. The molecule has 1 N–H and O–H groups in total. The third-order valence-corrected chi connectivity index (χ3v) is 6.96. The highest BCUT2D eigenvalue weighted by Crippen LogP contribution is 2.44. The van der Waals surface area contributed by atoms with Crippen molar-refractivity contribution in [2.24, 2.45) is 0 Å². The summed E-state index contributed by atoms with van der Waals surface area (Å²) in [5.41, 5.74) is 2.36. The molecule has 1 unspecified atom stereocenters. The fourth-order valence-corrected chi connectivity index (χ4v) is 4.66. The summed E-state index contributed by atoms with van der Waals surface area (Å²) in [5.74, 6) is 0.944. The Morgan fingerprint density at radius 2 is 2.00 bits per heavy atom. The van der Waals surface area contributed by atoms with Gasteiger partial charge >= 0.3 is 0 Å². The number of amides is 2. The van der Waals surface area contributed by atoms with Crippen LogP contribution in [0.3, 0.4) is 0 Å². The Bertz CT molecular complexity index is 914. The van der Waals surface area contributed by atoms with Gasteiger partial charge in [0.1, 0.15) is 5.76 Å². The predicted octanol–water partition coefficient (Wildman–Crippen LogP) is 4.06. The Hall–Kier alpha value is -2.34. The Balaban J connectivity index is 1.41. The zero-order chi connectivity index (χ0) is 21.3. The maximum absolute atomic E-state index is 13.3. The fraction of sp³-hybridized carbons (Fsp3) is 0.522. The molecule has 2 aromatic rings. The van der Waals surface area contributed by atoms with Gasteiger partial charge in [0.2, 0.25) is 11.8 Å². The second-order valence-electron chi connectivity index (χ2n) is 8.56. The first-order chi connectivity index (χ1) is 14.4. The molecule has 0 radical (unpaired) electrons. The van der Waals surface area contributed by atoms with Crippen LogP contribution in [-0.4, -0.2) is 34.5 Å². The molecule has 1 saturated heterocycles. The van der Waals surface area contributed by atoms with Crippen molar-refractivity contribution >= 4 is 23.4 Å². The first kappa shape index (κ1) is 20.9. The summed E-state index contributed by atoms with van der Waals surface area (Å²) >= 11 is 6.03. The number of likely N-dealkylation sites (tertiary alicyclic amines) is 1. The van der Waals surface area contributed by atoms with Crippen LogP contribution in [0.1, 0.15) is 61.1 Å². The molecule has 0 spiro atoms. The SMILES string of the molecule is Cc1noc(C)c1CN1CCC(NC(=O)C2(c3ccc(Cl)cc3)CCC2)CCC1=O. The molecule has 30 heavy (non-hydrogen) atoms. The third-order valence-electron chi connectivity index (χ3n) is 6.71. The number of carbonyl (C=O) groups is 2. The van der Waals surface area contributed by atoms with Crippen LogP contribution in [0, 0.1) is 13.8 Å². The molecule has 2 aliphatic rings. The summed E-state index contributed by atoms with van der Waals surface area (Å²) in [6.45, 7) is 4.89. The van der Waals surface area contributed by atoms with Gasteiger partial charge in [-0.05, 0) is 57.2 Å². The van der Waals surface area contributed by atoms with Gasteiger partial charge in [-0.2, -0.15) is 0 Å². The van der Waals surface area contributed by atoms with Crippen LogP contribution in [0.15, 0.2) is 28.8 Å². The minimum absolute atomic E-state index is 0.000828. The van der Waals surface area contributed by atoms with E-state index in [1.165, 1.54) is 0 Å². The molecule has 7 heteroatoms. The Morgan fingerprint density at radius 1 is 1.27 bits per heavy atom. The van der Waals surface area contributed by atoms with Crippen molar-refractivity contribution < 1.29 is 14.1 Å². The van der Waals surface area contributed by atoms with E-state index >= 15 is 0 Å². The van der Waals surface area contributed by atoms with Crippen molar-refractivity contribution in [3.63, 3.8) is 0 Å². The number of nitrogens with one attached hydrogen (secondary N) is 1. The third kappa shape index (κ3) is 3.97. The lowest BCUT2D eigenvalue weighted by atomic mass is 9.63. The topological polar surface area (TPSA) is 75.4 Å². The minimum atomic E-state index is -0.461. The highest BCUT2D eigenvalue weighted by atomic mass is 35.5. The number of nitrogens with zero attached hydrogens (tertiary/aromatic N) is 2. The van der Waals surface area contributed by atoms with Crippen LogP contribution in [-0.2, 0) is 21.5 Å². The Kier molecular flexibility index (Phi) is 5.87. The number of carbonyl (C=O) groups excluding carboxylic acids is 2. The lowest BCUT2D eigenvalue weighted by Crippen LogP contribution is -2.52. The number of aromatic nitrogens is 1. The van der Waals surface area contributed by atoms with E-state index in [0.29, 0.717) is 31.0 Å². The van der Waals surface area contributed by atoms with Gasteiger partial charge in [-0.15, -0.1) is 0 Å². The molecule has 1 aromatic heterocycles. The minimum Gasteiger partial charge on any atom is -0.361 e. The summed E-state index contributed by atoms with van der Waals surface area (Å²) in [5, 5.41) is 7.91. The molecule has 2 fully saturated rings. The van der Waals surface area contributed by atoms with Gasteiger partial charge in [-0.1, -0.05) is 35.3 Å². The summed E-state index contributed by atoms with van der Waals surface area (Å²) in [7, 11) is 0. The highest BCUT2D eigenvalue weighted by Gasteiger charge is 2.46. The largest absolute Gasteiger partial charge is 0.361 e. The van der Waals surface area contributed by atoms with Crippen molar-refractivity contribution in [2.75, 3.05) is 6.54 Å². The zero-order valence-electron chi connectivity index (χ0n) is 17.5. The van der Waals surface area contributed by atoms with E-state index in [1.54, 1.807) is 0 Å². The number of halogens is 1. The maximum atomic E-state index is 13.3. The summed E-state index contributed by atoms with van der Waals surface area (Å²) in [6, 6.07) is 7.62. The summed E-state index contributed by atoms with van der Waals surface area (Å²) in [4.78, 5) is 27.8. The second-order valence-corrected chi connectivity index (χ2v) is 8.99. The average molecular weight is 430 g/mol. The van der Waals surface area contributed by atoms with Gasteiger partial charge in [0.15, 0.2) is 0 Å². The lowest BCUT2D eigenvalue weighted by Gasteiger charge is -2.41. The van der Waals surface area contributed by atoms with Crippen LogP contribution in [0.2, 0.25) is 5.02 Å². The van der Waals surface area contributed by atoms with E-state index in [2.05, 4.69) is 10.5 Å². The number of aryl methyl sites for hydroxylation is 2. The standard InChI is InChI=1S/C23H28ClN3O3/c1-15-20(16(2)30-26-15)14-27-13-10-19(8-9-21(27)28)25-22(29)23(11-3-12-23)17-4-6-18(24)7-5-17/h4-7,19H,3,8-14H2,1-2H3,(H,25,29). The fourth-order valence-electron chi connectivity index (χ4n) is 4.54. The van der Waals surface area contributed by atoms with Gasteiger partial charge < -0.3 is 14.7 Å². The Labute approximate surface area is 181 Å². The zero-order valence-corrected chi connectivity index (χ0v) is 18.3. The predicted molar refractivity (Wildman–Crippen MR) is 114 cm³/mol. The van der Waals surface area contributed by atoms with E-state index in [-0.39, 0.29) is 17.9 Å². The van der Waals surface area contributed by atoms with Crippen LogP contribution in [0.4, 0.5) is 0 Å². The average Bonchev–Trinajstić information content (AvgIpc) is 2.89. The van der Waals surface area contributed by atoms with Crippen molar-refractivity contribution in [2.45, 2.75) is 70.4 Å². The molecule has 0 bridgehead atoms. The van der Waals surface area contributed by atoms with Crippen molar-refractivity contribution in [3.8, 4) is 0 Å². The smallest absolute Gasteiger partial charge is 0.230 e. The molecular weight excluding hydrogens is 402 g/mol. The number of hydrogen-bond donors (Lipinski definition) is 1. The molecule has 1 aliphatic heterocycles. The molecular formula is C23H28ClN3O3. The second kappa shape index (κ2) is 8.42. The quantitative estimate of drug-likeness (QED) is 0.777. The molecule has 1 atom stereocenters. The van der Waals surface area contributed by atoms with Crippen LogP contribution < -0.4 is 5.32 Å². The Morgan fingerprint density at radius 3 is 2.60 bits per heavy atom. The van der Waals surface area contributed by atoms with E-state index in [0.717, 1.165) is 48.3 Å². The molecule has 1 aliphatic carbocycles. The number of benzene rings is 1. The van der Waals surface area contributed by atoms with Crippen molar-refractivity contribution in [1.82, 2.24) is 15.4 Å². The van der Waals surface area contributed by atoms with Crippen LogP contribution in [0.25, 0.3) is 0 Å². The monoisotopic (exact) mass is 429 g/mol. The first-order valence-electron chi connectivity index (χ1n) is 10.7. The van der Waals surface area contributed by atoms with E-state index in [1.807, 2.05) is 43.0 Å². The van der Waals surface area contributed by atoms with Gasteiger partial charge in [-0.25, -0.2) is 0 Å². The molecule has 6 nitrogen and oxygen atoms in total. The maximum Gasteiger partial charge on any atom is 0.230 e. The molecule has 4 rings (SSSR count). The van der Waals surface area contributed by atoms with Gasteiger partial charge in [-0.3, -0.25) is 9.59 Å².